The Balaban J connectivity index is 1.87. The van der Waals surface area contributed by atoms with Gasteiger partial charge >= 0.3 is 0 Å². The number of hydrogen-bond acceptors (Lipinski definition) is 5. The van der Waals surface area contributed by atoms with Crippen LogP contribution in [0.1, 0.15) is 0 Å². The van der Waals surface area contributed by atoms with Gasteiger partial charge in [0.2, 0.25) is 5.91 Å². The average Bonchev–Trinajstić information content (AvgIpc) is 2.57. The zero-order valence-electron chi connectivity index (χ0n) is 12.4. The Bertz CT molecular complexity index is 819. The minimum absolute atomic E-state index is 0.0467. The summed E-state index contributed by atoms with van der Waals surface area (Å²) in [6.07, 6.45) is 1.28. The van der Waals surface area contributed by atoms with Crippen LogP contribution < -0.4 is 10.2 Å². The van der Waals surface area contributed by atoms with Crippen molar-refractivity contribution in [1.29, 1.82) is 0 Å². The number of rotatable bonds is 3. The van der Waals surface area contributed by atoms with Gasteiger partial charge in [-0.2, -0.15) is 0 Å². The number of nitrogens with zero attached hydrogens (tertiary/aromatic N) is 2. The van der Waals surface area contributed by atoms with Gasteiger partial charge in [-0.15, -0.1) is 0 Å². The molecular formula is C17H13N3O3S. The Morgan fingerprint density at radius 1 is 1.08 bits per heavy atom. The van der Waals surface area contributed by atoms with E-state index in [1.165, 1.54) is 23.2 Å². The fourth-order valence-electron chi connectivity index (χ4n) is 2.24. The first-order chi connectivity index (χ1) is 11.6. The second kappa shape index (κ2) is 6.59. The molecule has 2 aromatic rings. The lowest BCUT2D eigenvalue weighted by atomic mass is 10.1. The molecule has 0 spiro atoms. The van der Waals surface area contributed by atoms with Crippen molar-refractivity contribution in [2.75, 3.05) is 4.90 Å². The highest BCUT2D eigenvalue weighted by atomic mass is 32.1. The van der Waals surface area contributed by atoms with Gasteiger partial charge in [0.15, 0.2) is 11.0 Å². The lowest BCUT2D eigenvalue weighted by Crippen LogP contribution is -2.58. The Morgan fingerprint density at radius 2 is 1.75 bits per heavy atom. The van der Waals surface area contributed by atoms with Gasteiger partial charge in [-0.05, 0) is 48.6 Å². The number of nitrogens with one attached hydrogen (secondary N) is 1. The molecule has 120 valence electrons. The molecule has 2 aromatic carbocycles. The monoisotopic (exact) mass is 339 g/mol. The first-order valence-corrected chi connectivity index (χ1v) is 7.54. The third-order valence-electron chi connectivity index (χ3n) is 3.44. The smallest absolute Gasteiger partial charge is 0.251 e. The fraction of sp³-hybridized carbons (Fsp3) is 0.0588. The number of carbonyl (C=O) groups excluding carboxylic acids is 2. The molecule has 1 saturated heterocycles. The molecule has 1 atom stereocenters. The molecule has 6 nitrogen and oxygen atoms in total. The lowest BCUT2D eigenvalue weighted by Gasteiger charge is -2.30. The van der Waals surface area contributed by atoms with Crippen LogP contribution in [0.25, 0.3) is 0 Å². The van der Waals surface area contributed by atoms with Gasteiger partial charge in [0, 0.05) is 6.21 Å². The highest BCUT2D eigenvalue weighted by molar-refractivity contribution is 7.80. The summed E-state index contributed by atoms with van der Waals surface area (Å²) in [5, 5.41) is 11.8. The van der Waals surface area contributed by atoms with E-state index in [9.17, 15) is 14.7 Å². The fourth-order valence-corrected chi connectivity index (χ4v) is 2.54. The molecule has 2 amide bonds. The Hall–Kier alpha value is -3.06. The number of thiocarbonyl (C=S) groups is 1. The maximum atomic E-state index is 12.7. The summed E-state index contributed by atoms with van der Waals surface area (Å²) in [6.45, 7) is 0. The van der Waals surface area contributed by atoms with Crippen molar-refractivity contribution in [3.8, 4) is 5.75 Å². The van der Waals surface area contributed by atoms with Crippen molar-refractivity contribution in [3.63, 3.8) is 0 Å². The minimum Gasteiger partial charge on any atom is -0.508 e. The second-order valence-electron chi connectivity index (χ2n) is 5.08. The first-order valence-electron chi connectivity index (χ1n) is 7.13. The van der Waals surface area contributed by atoms with Gasteiger partial charge in [-0.1, -0.05) is 18.2 Å². The summed E-state index contributed by atoms with van der Waals surface area (Å²) in [6, 6.07) is 15.0. The van der Waals surface area contributed by atoms with Crippen LogP contribution in [0.4, 0.5) is 11.4 Å². The summed E-state index contributed by atoms with van der Waals surface area (Å²) < 4.78 is 0. The second-order valence-corrected chi connectivity index (χ2v) is 5.46. The van der Waals surface area contributed by atoms with Crippen molar-refractivity contribution in [1.82, 2.24) is 5.32 Å². The van der Waals surface area contributed by atoms with E-state index in [0.29, 0.717) is 11.4 Å². The predicted octanol–water partition coefficient (Wildman–Crippen LogP) is 2.16. The quantitative estimate of drug-likeness (QED) is 0.510. The molecule has 7 heteroatoms. The van der Waals surface area contributed by atoms with E-state index in [4.69, 9.17) is 12.2 Å². The molecule has 1 aliphatic rings. The number of anilines is 1. The molecule has 0 aliphatic carbocycles. The van der Waals surface area contributed by atoms with E-state index < -0.39 is 17.7 Å². The number of carbonyl (C=O) groups is 2. The van der Waals surface area contributed by atoms with Crippen LogP contribution in [-0.2, 0) is 9.59 Å². The normalized spacial score (nSPS) is 18.1. The van der Waals surface area contributed by atoms with Crippen LogP contribution in [0.5, 0.6) is 5.75 Å². The van der Waals surface area contributed by atoms with E-state index in [0.717, 1.165) is 0 Å². The minimum atomic E-state index is -1.08. The molecule has 1 aliphatic heterocycles. The van der Waals surface area contributed by atoms with Gasteiger partial charge in [0.05, 0.1) is 11.4 Å². The maximum Gasteiger partial charge on any atom is 0.251 e. The third-order valence-corrected chi connectivity index (χ3v) is 3.72. The zero-order valence-corrected chi connectivity index (χ0v) is 13.2. The maximum absolute atomic E-state index is 12.7. The standard InChI is InChI=1S/C17H13N3O3S/c21-13-8-6-11(7-9-13)18-10-14-15(22)19-17(24)20(16(14)23)12-4-2-1-3-5-12/h1-10,14,21H,(H,19,22,24)/t14-/m1/s1. The molecule has 3 rings (SSSR count). The largest absolute Gasteiger partial charge is 0.508 e. The van der Waals surface area contributed by atoms with Crippen molar-refractivity contribution in [3.05, 3.63) is 54.6 Å². The van der Waals surface area contributed by atoms with E-state index >= 15 is 0 Å². The average molecular weight is 339 g/mol. The number of phenols is 1. The first kappa shape index (κ1) is 15.8. The molecule has 0 radical (unpaired) electrons. The van der Waals surface area contributed by atoms with Crippen molar-refractivity contribution < 1.29 is 14.7 Å². The van der Waals surface area contributed by atoms with E-state index in [2.05, 4.69) is 10.3 Å². The molecule has 0 aromatic heterocycles. The lowest BCUT2D eigenvalue weighted by molar-refractivity contribution is -0.130. The molecule has 2 N–H and O–H groups in total. The van der Waals surface area contributed by atoms with Gasteiger partial charge in [0.25, 0.3) is 5.91 Å². The topological polar surface area (TPSA) is 82.0 Å². The van der Waals surface area contributed by atoms with Crippen LogP contribution in [0, 0.1) is 5.92 Å². The van der Waals surface area contributed by atoms with Crippen molar-refractivity contribution >= 4 is 46.7 Å². The van der Waals surface area contributed by atoms with Gasteiger partial charge in [-0.3, -0.25) is 19.5 Å². The summed E-state index contributed by atoms with van der Waals surface area (Å²) in [7, 11) is 0. The molecule has 24 heavy (non-hydrogen) atoms. The van der Waals surface area contributed by atoms with Crippen LogP contribution in [0.3, 0.4) is 0 Å². The number of benzene rings is 2. The van der Waals surface area contributed by atoms with Crippen LogP contribution in [0.15, 0.2) is 59.6 Å². The highest BCUT2D eigenvalue weighted by Crippen LogP contribution is 2.21. The molecule has 0 unspecified atom stereocenters. The van der Waals surface area contributed by atoms with Crippen LogP contribution >= 0.6 is 12.2 Å². The highest BCUT2D eigenvalue weighted by Gasteiger charge is 2.38. The summed E-state index contributed by atoms with van der Waals surface area (Å²) in [5.41, 5.74) is 1.10. The number of amides is 2. The van der Waals surface area contributed by atoms with Gasteiger partial charge in [-0.25, -0.2) is 0 Å². The SMILES string of the molecule is O=C1NC(=S)N(c2ccccc2)C(=O)[C@@H]1C=Nc1ccc(O)cc1. The summed E-state index contributed by atoms with van der Waals surface area (Å²) >= 11 is 5.11. The predicted molar refractivity (Wildman–Crippen MR) is 94.4 cm³/mol. The number of aromatic hydroxyl groups is 1. The third kappa shape index (κ3) is 3.16. The van der Waals surface area contributed by atoms with E-state index in [-0.39, 0.29) is 10.9 Å². The molecule has 1 heterocycles. The number of hydrogen-bond donors (Lipinski definition) is 2. The number of para-hydroxylation sites is 1. The van der Waals surface area contributed by atoms with Crippen LogP contribution in [-0.4, -0.2) is 28.2 Å². The zero-order chi connectivity index (χ0) is 17.1. The number of aliphatic imine (C=N–C) groups is 1. The molecular weight excluding hydrogens is 326 g/mol. The Labute approximate surface area is 143 Å². The van der Waals surface area contributed by atoms with Gasteiger partial charge < -0.3 is 10.4 Å². The van der Waals surface area contributed by atoms with Gasteiger partial charge in [0.1, 0.15) is 5.75 Å². The van der Waals surface area contributed by atoms with E-state index in [1.807, 2.05) is 6.07 Å². The molecule has 1 fully saturated rings. The van der Waals surface area contributed by atoms with Crippen LogP contribution in [0.2, 0.25) is 0 Å². The summed E-state index contributed by atoms with van der Waals surface area (Å²) in [5.74, 6) is -1.94. The Morgan fingerprint density at radius 3 is 2.42 bits per heavy atom. The van der Waals surface area contributed by atoms with E-state index in [1.54, 1.807) is 36.4 Å². The molecule has 0 bridgehead atoms. The Kier molecular flexibility index (Phi) is 4.35. The van der Waals surface area contributed by atoms with Crippen molar-refractivity contribution in [2.45, 2.75) is 0 Å². The summed E-state index contributed by atoms with van der Waals surface area (Å²) in [4.78, 5) is 30.2. The number of phenolic OH excluding ortho intramolecular Hbond substituents is 1. The molecule has 0 saturated carbocycles. The van der Waals surface area contributed by atoms with Crippen molar-refractivity contribution in [2.24, 2.45) is 10.9 Å².